The van der Waals surface area contributed by atoms with Crippen molar-refractivity contribution in [3.63, 3.8) is 0 Å². The SMILES string of the molecule is N#Cc1ccc(NC(=O)c2ccnc(C(=O)Nc3cccc(F)c3)c2)cc1. The van der Waals surface area contributed by atoms with Gasteiger partial charge in [-0.3, -0.25) is 14.6 Å². The maximum absolute atomic E-state index is 13.2. The molecule has 0 aliphatic rings. The molecule has 2 aromatic carbocycles. The Kier molecular flexibility index (Phi) is 5.19. The predicted octanol–water partition coefficient (Wildman–Crippen LogP) is 3.60. The van der Waals surface area contributed by atoms with Gasteiger partial charge in [0.25, 0.3) is 11.8 Å². The van der Waals surface area contributed by atoms with Crippen molar-refractivity contribution >= 4 is 23.2 Å². The lowest BCUT2D eigenvalue weighted by Gasteiger charge is -2.08. The molecule has 3 rings (SSSR count). The fourth-order valence-corrected chi connectivity index (χ4v) is 2.29. The maximum Gasteiger partial charge on any atom is 0.274 e. The van der Waals surface area contributed by atoms with Gasteiger partial charge in [-0.25, -0.2) is 4.39 Å². The third-order valence-corrected chi connectivity index (χ3v) is 3.61. The van der Waals surface area contributed by atoms with E-state index in [4.69, 9.17) is 5.26 Å². The summed E-state index contributed by atoms with van der Waals surface area (Å²) in [6.07, 6.45) is 1.34. The van der Waals surface area contributed by atoms with Gasteiger partial charge in [0.05, 0.1) is 11.6 Å². The Morgan fingerprint density at radius 3 is 2.37 bits per heavy atom. The summed E-state index contributed by atoms with van der Waals surface area (Å²) < 4.78 is 13.2. The number of halogens is 1. The lowest BCUT2D eigenvalue weighted by Crippen LogP contribution is -2.17. The number of pyridine rings is 1. The molecule has 0 aliphatic carbocycles. The second-order valence-corrected chi connectivity index (χ2v) is 5.54. The number of nitrogens with one attached hydrogen (secondary N) is 2. The second-order valence-electron chi connectivity index (χ2n) is 5.54. The first-order valence-electron chi connectivity index (χ1n) is 7.89. The number of nitriles is 1. The Balaban J connectivity index is 1.73. The molecule has 1 aromatic heterocycles. The molecule has 0 saturated heterocycles. The summed E-state index contributed by atoms with van der Waals surface area (Å²) in [7, 11) is 0. The van der Waals surface area contributed by atoms with Crippen LogP contribution in [0.3, 0.4) is 0 Å². The van der Waals surface area contributed by atoms with E-state index in [9.17, 15) is 14.0 Å². The summed E-state index contributed by atoms with van der Waals surface area (Å²) in [4.78, 5) is 28.6. The highest BCUT2D eigenvalue weighted by Crippen LogP contribution is 2.13. The topological polar surface area (TPSA) is 94.9 Å². The molecule has 2 amide bonds. The van der Waals surface area contributed by atoms with Crippen molar-refractivity contribution in [1.82, 2.24) is 4.98 Å². The molecule has 2 N–H and O–H groups in total. The minimum Gasteiger partial charge on any atom is -0.322 e. The Hall–Kier alpha value is -4.05. The van der Waals surface area contributed by atoms with E-state index in [-0.39, 0.29) is 16.9 Å². The van der Waals surface area contributed by atoms with Crippen molar-refractivity contribution in [2.24, 2.45) is 0 Å². The Morgan fingerprint density at radius 1 is 0.926 bits per heavy atom. The first-order valence-corrected chi connectivity index (χ1v) is 7.89. The summed E-state index contributed by atoms with van der Waals surface area (Å²) in [5.41, 5.74) is 1.54. The highest BCUT2D eigenvalue weighted by atomic mass is 19.1. The molecule has 27 heavy (non-hydrogen) atoms. The average Bonchev–Trinajstić information content (AvgIpc) is 2.68. The molecular weight excluding hydrogens is 347 g/mol. The van der Waals surface area contributed by atoms with Gasteiger partial charge >= 0.3 is 0 Å². The largest absolute Gasteiger partial charge is 0.322 e. The van der Waals surface area contributed by atoms with Crippen LogP contribution in [0, 0.1) is 17.1 Å². The molecule has 7 heteroatoms. The standard InChI is InChI=1S/C20H13FN4O2/c21-15-2-1-3-17(11-15)25-20(27)18-10-14(8-9-23-18)19(26)24-16-6-4-13(12-22)5-7-16/h1-11H,(H,24,26)(H,25,27). The van der Waals surface area contributed by atoms with Gasteiger partial charge in [0, 0.05) is 23.1 Å². The molecule has 6 nitrogen and oxygen atoms in total. The summed E-state index contributed by atoms with van der Waals surface area (Å²) in [5, 5.41) is 14.0. The number of nitrogens with zero attached hydrogens (tertiary/aromatic N) is 2. The first-order chi connectivity index (χ1) is 13.0. The van der Waals surface area contributed by atoms with Crippen LogP contribution in [-0.4, -0.2) is 16.8 Å². The van der Waals surface area contributed by atoms with Crippen molar-refractivity contribution in [3.8, 4) is 6.07 Å². The van der Waals surface area contributed by atoms with Crippen molar-refractivity contribution in [1.29, 1.82) is 5.26 Å². The van der Waals surface area contributed by atoms with Gasteiger partial charge in [0.15, 0.2) is 0 Å². The van der Waals surface area contributed by atoms with Crippen LogP contribution in [0.15, 0.2) is 66.9 Å². The number of anilines is 2. The van der Waals surface area contributed by atoms with Crippen molar-refractivity contribution in [3.05, 3.63) is 89.5 Å². The van der Waals surface area contributed by atoms with Gasteiger partial charge in [-0.05, 0) is 54.6 Å². The van der Waals surface area contributed by atoms with Gasteiger partial charge in [-0.2, -0.15) is 5.26 Å². The summed E-state index contributed by atoms with van der Waals surface area (Å²) in [5.74, 6) is -1.47. The monoisotopic (exact) mass is 360 g/mol. The fraction of sp³-hybridized carbons (Fsp3) is 0. The second kappa shape index (κ2) is 7.89. The molecule has 0 spiro atoms. The van der Waals surface area contributed by atoms with Gasteiger partial charge in [-0.15, -0.1) is 0 Å². The van der Waals surface area contributed by atoms with Crippen LogP contribution in [0.4, 0.5) is 15.8 Å². The number of aromatic nitrogens is 1. The quantitative estimate of drug-likeness (QED) is 0.743. The molecule has 3 aromatic rings. The molecule has 132 valence electrons. The Labute approximate surface area is 154 Å². The van der Waals surface area contributed by atoms with Crippen LogP contribution >= 0.6 is 0 Å². The van der Waals surface area contributed by atoms with Crippen LogP contribution in [-0.2, 0) is 0 Å². The minimum absolute atomic E-state index is 0.0201. The molecule has 1 heterocycles. The Morgan fingerprint density at radius 2 is 1.67 bits per heavy atom. The van der Waals surface area contributed by atoms with Crippen LogP contribution in [0.5, 0.6) is 0 Å². The highest BCUT2D eigenvalue weighted by Gasteiger charge is 2.13. The summed E-state index contributed by atoms with van der Waals surface area (Å²) in [6, 6.07) is 16.6. The van der Waals surface area contributed by atoms with E-state index in [0.29, 0.717) is 11.3 Å². The number of carbonyl (C=O) groups excluding carboxylic acids is 2. The van der Waals surface area contributed by atoms with Gasteiger partial charge in [0.2, 0.25) is 0 Å². The first kappa shape index (κ1) is 17.8. The van der Waals surface area contributed by atoms with Crippen LogP contribution in [0.25, 0.3) is 0 Å². The summed E-state index contributed by atoms with van der Waals surface area (Å²) >= 11 is 0. The van der Waals surface area contributed by atoms with Crippen LogP contribution in [0.1, 0.15) is 26.4 Å². The van der Waals surface area contributed by atoms with Crippen molar-refractivity contribution in [2.75, 3.05) is 10.6 Å². The number of carbonyl (C=O) groups is 2. The number of rotatable bonds is 4. The van der Waals surface area contributed by atoms with E-state index >= 15 is 0 Å². The van der Waals surface area contributed by atoms with E-state index in [2.05, 4.69) is 15.6 Å². The zero-order valence-corrected chi connectivity index (χ0v) is 13.9. The molecule has 0 unspecified atom stereocenters. The van der Waals surface area contributed by atoms with E-state index in [1.165, 1.54) is 36.5 Å². The molecule has 0 fully saturated rings. The van der Waals surface area contributed by atoms with Crippen molar-refractivity contribution < 1.29 is 14.0 Å². The normalized spacial score (nSPS) is 9.93. The fourth-order valence-electron chi connectivity index (χ4n) is 2.29. The molecule has 0 bridgehead atoms. The van der Waals surface area contributed by atoms with Crippen LogP contribution in [0.2, 0.25) is 0 Å². The molecule has 0 radical (unpaired) electrons. The smallest absolute Gasteiger partial charge is 0.274 e. The number of benzene rings is 2. The molecule has 0 atom stereocenters. The van der Waals surface area contributed by atoms with E-state index in [1.807, 2.05) is 6.07 Å². The van der Waals surface area contributed by atoms with Crippen LogP contribution < -0.4 is 10.6 Å². The molecule has 0 saturated carbocycles. The lowest BCUT2D eigenvalue weighted by atomic mass is 10.2. The van der Waals surface area contributed by atoms with E-state index < -0.39 is 17.6 Å². The summed E-state index contributed by atoms with van der Waals surface area (Å²) in [6.45, 7) is 0. The number of amides is 2. The maximum atomic E-state index is 13.2. The van der Waals surface area contributed by atoms with Crippen molar-refractivity contribution in [2.45, 2.75) is 0 Å². The third kappa shape index (κ3) is 4.52. The highest BCUT2D eigenvalue weighted by molar-refractivity contribution is 6.07. The molecular formula is C20H13FN4O2. The zero-order valence-electron chi connectivity index (χ0n) is 13.9. The lowest BCUT2D eigenvalue weighted by molar-refractivity contribution is 0.102. The third-order valence-electron chi connectivity index (χ3n) is 3.61. The average molecular weight is 360 g/mol. The minimum atomic E-state index is -0.561. The number of hydrogen-bond donors (Lipinski definition) is 2. The van der Waals surface area contributed by atoms with E-state index in [0.717, 1.165) is 0 Å². The zero-order chi connectivity index (χ0) is 19.2. The number of hydrogen-bond acceptors (Lipinski definition) is 4. The molecule has 0 aliphatic heterocycles. The Bertz CT molecular complexity index is 1040. The van der Waals surface area contributed by atoms with E-state index in [1.54, 1.807) is 30.3 Å². The van der Waals surface area contributed by atoms with Gasteiger partial charge in [0.1, 0.15) is 11.5 Å². The van der Waals surface area contributed by atoms with Gasteiger partial charge < -0.3 is 10.6 Å². The predicted molar refractivity (Wildman–Crippen MR) is 97.7 cm³/mol. The van der Waals surface area contributed by atoms with Gasteiger partial charge in [-0.1, -0.05) is 6.07 Å².